The van der Waals surface area contributed by atoms with Crippen LogP contribution in [-0.4, -0.2) is 42.8 Å². The molecule has 156 valence electrons. The molecule has 0 bridgehead atoms. The molecule has 5 heteroatoms. The number of hydrogen-bond acceptors (Lipinski definition) is 4. The number of hydrogen-bond donors (Lipinski definition) is 2. The molecule has 2 atom stereocenters. The maximum atomic E-state index is 13.1. The van der Waals surface area contributed by atoms with E-state index in [-0.39, 0.29) is 18.0 Å². The number of ether oxygens (including phenoxy) is 1. The summed E-state index contributed by atoms with van der Waals surface area (Å²) in [6, 6.07) is 10.9. The monoisotopic (exact) mass is 398 g/mol. The minimum Gasteiger partial charge on any atom is -0.507 e. The third-order valence-corrected chi connectivity index (χ3v) is 6.48. The van der Waals surface area contributed by atoms with Crippen LogP contribution in [0.15, 0.2) is 36.4 Å². The lowest BCUT2D eigenvalue weighted by Gasteiger charge is -2.40. The van der Waals surface area contributed by atoms with Gasteiger partial charge in [0.05, 0.1) is 12.2 Å². The van der Waals surface area contributed by atoms with Crippen molar-refractivity contribution in [2.45, 2.75) is 44.9 Å². The van der Waals surface area contributed by atoms with Crippen LogP contribution in [0.3, 0.4) is 0 Å². The van der Waals surface area contributed by atoms with Crippen LogP contribution in [0, 0.1) is 18.7 Å². The molecule has 0 aliphatic carbocycles. The molecular formula is C24H31FN2O2. The van der Waals surface area contributed by atoms with Gasteiger partial charge < -0.3 is 15.2 Å². The molecule has 2 unspecified atom stereocenters. The summed E-state index contributed by atoms with van der Waals surface area (Å²) in [5.74, 6) is 0.745. The number of fused-ring (bicyclic) bond motifs is 1. The highest BCUT2D eigenvalue weighted by Gasteiger charge is 2.35. The quantitative estimate of drug-likeness (QED) is 0.800. The van der Waals surface area contributed by atoms with Crippen LogP contribution >= 0.6 is 0 Å². The zero-order valence-electron chi connectivity index (χ0n) is 17.3. The Labute approximate surface area is 172 Å². The number of likely N-dealkylation sites (tertiary alicyclic amines) is 1. The summed E-state index contributed by atoms with van der Waals surface area (Å²) in [5.41, 5.74) is 4.27. The standard InChI is InChI=1S/C24H31FN2O2/c1-16-3-8-20-21(24(16)28)13-22(29-23(20)14-26-2)18-9-11-27(12-10-18)15-17-4-6-19(25)7-5-17/h3-8,18,22-23,26,28H,9-15H2,1-2H3. The Bertz CT molecular complexity index is 832. The Morgan fingerprint density at radius 1 is 1.14 bits per heavy atom. The fourth-order valence-electron chi connectivity index (χ4n) is 4.77. The highest BCUT2D eigenvalue weighted by Crippen LogP contribution is 2.40. The fraction of sp³-hybridized carbons (Fsp3) is 0.500. The molecule has 29 heavy (non-hydrogen) atoms. The number of likely N-dealkylation sites (N-methyl/N-ethyl adjacent to an activating group) is 1. The predicted octanol–water partition coefficient (Wildman–Crippen LogP) is 3.95. The first-order valence-corrected chi connectivity index (χ1v) is 10.6. The van der Waals surface area contributed by atoms with Crippen molar-refractivity contribution in [3.63, 3.8) is 0 Å². The summed E-state index contributed by atoms with van der Waals surface area (Å²) < 4.78 is 19.6. The molecular weight excluding hydrogens is 367 g/mol. The van der Waals surface area contributed by atoms with Gasteiger partial charge in [0, 0.05) is 25.1 Å². The van der Waals surface area contributed by atoms with Crippen molar-refractivity contribution in [3.05, 3.63) is 64.5 Å². The molecule has 2 aliphatic heterocycles. The number of benzene rings is 2. The molecule has 2 aliphatic rings. The molecule has 0 aromatic heterocycles. The molecule has 2 N–H and O–H groups in total. The van der Waals surface area contributed by atoms with E-state index < -0.39 is 0 Å². The van der Waals surface area contributed by atoms with E-state index >= 15 is 0 Å². The van der Waals surface area contributed by atoms with Crippen molar-refractivity contribution in [3.8, 4) is 5.75 Å². The molecule has 1 saturated heterocycles. The molecule has 0 amide bonds. The van der Waals surface area contributed by atoms with Crippen molar-refractivity contribution >= 4 is 0 Å². The van der Waals surface area contributed by atoms with Gasteiger partial charge in [0.25, 0.3) is 0 Å². The topological polar surface area (TPSA) is 44.7 Å². The molecule has 0 spiro atoms. The van der Waals surface area contributed by atoms with Crippen molar-refractivity contribution in [2.75, 3.05) is 26.7 Å². The van der Waals surface area contributed by atoms with Gasteiger partial charge in [0.15, 0.2) is 0 Å². The Morgan fingerprint density at radius 2 is 1.86 bits per heavy atom. The predicted molar refractivity (Wildman–Crippen MR) is 112 cm³/mol. The van der Waals surface area contributed by atoms with E-state index in [1.165, 1.54) is 12.1 Å². The van der Waals surface area contributed by atoms with Crippen molar-refractivity contribution in [1.82, 2.24) is 10.2 Å². The summed E-state index contributed by atoms with van der Waals surface area (Å²) in [6.07, 6.45) is 3.07. The van der Waals surface area contributed by atoms with E-state index in [4.69, 9.17) is 4.74 Å². The van der Waals surface area contributed by atoms with Crippen molar-refractivity contribution in [1.29, 1.82) is 0 Å². The number of rotatable bonds is 5. The number of piperidine rings is 1. The normalized spacial score (nSPS) is 23.1. The average molecular weight is 399 g/mol. The van der Waals surface area contributed by atoms with E-state index in [0.717, 1.165) is 67.7 Å². The third-order valence-electron chi connectivity index (χ3n) is 6.48. The fourth-order valence-corrected chi connectivity index (χ4v) is 4.77. The Morgan fingerprint density at radius 3 is 2.55 bits per heavy atom. The second kappa shape index (κ2) is 8.82. The van der Waals surface area contributed by atoms with Crippen molar-refractivity contribution < 1.29 is 14.2 Å². The van der Waals surface area contributed by atoms with E-state index in [0.29, 0.717) is 11.7 Å². The molecule has 4 rings (SSSR count). The summed E-state index contributed by atoms with van der Waals surface area (Å²) in [5, 5.41) is 13.9. The van der Waals surface area contributed by atoms with Gasteiger partial charge in [-0.15, -0.1) is 0 Å². The first-order valence-electron chi connectivity index (χ1n) is 10.6. The van der Waals surface area contributed by atoms with Crippen LogP contribution < -0.4 is 5.32 Å². The second-order valence-electron chi connectivity index (χ2n) is 8.46. The maximum absolute atomic E-state index is 13.1. The van der Waals surface area contributed by atoms with Gasteiger partial charge in [-0.25, -0.2) is 4.39 Å². The van der Waals surface area contributed by atoms with Crippen LogP contribution in [0.5, 0.6) is 5.75 Å². The summed E-state index contributed by atoms with van der Waals surface area (Å²) in [6.45, 7) is 5.61. The lowest BCUT2D eigenvalue weighted by Crippen LogP contribution is -2.42. The summed E-state index contributed by atoms with van der Waals surface area (Å²) in [4.78, 5) is 2.44. The number of aryl methyl sites for hydroxylation is 1. The van der Waals surface area contributed by atoms with E-state index in [1.807, 2.05) is 32.2 Å². The first-order chi connectivity index (χ1) is 14.0. The van der Waals surface area contributed by atoms with Crippen LogP contribution in [-0.2, 0) is 17.7 Å². The average Bonchev–Trinajstić information content (AvgIpc) is 2.73. The maximum Gasteiger partial charge on any atom is 0.123 e. The number of nitrogens with one attached hydrogen (secondary N) is 1. The summed E-state index contributed by atoms with van der Waals surface area (Å²) >= 11 is 0. The third kappa shape index (κ3) is 4.47. The lowest BCUT2D eigenvalue weighted by molar-refractivity contribution is -0.0674. The SMILES string of the molecule is CNCC1OC(C2CCN(Cc3ccc(F)cc3)CC2)Cc2c1ccc(C)c2O. The van der Waals surface area contributed by atoms with Crippen LogP contribution in [0.2, 0.25) is 0 Å². The Hall–Kier alpha value is -1.95. The molecule has 0 saturated carbocycles. The number of nitrogens with zero attached hydrogens (tertiary/aromatic N) is 1. The summed E-state index contributed by atoms with van der Waals surface area (Å²) in [7, 11) is 1.94. The largest absolute Gasteiger partial charge is 0.507 e. The van der Waals surface area contributed by atoms with Gasteiger partial charge in [-0.1, -0.05) is 24.3 Å². The van der Waals surface area contributed by atoms with Gasteiger partial charge in [-0.05, 0) is 74.6 Å². The molecule has 2 heterocycles. The highest BCUT2D eigenvalue weighted by atomic mass is 19.1. The van der Waals surface area contributed by atoms with Gasteiger partial charge in [-0.2, -0.15) is 0 Å². The molecule has 4 nitrogen and oxygen atoms in total. The molecule has 1 fully saturated rings. The number of phenols is 1. The van der Waals surface area contributed by atoms with Crippen molar-refractivity contribution in [2.24, 2.45) is 5.92 Å². The van der Waals surface area contributed by atoms with E-state index in [1.54, 1.807) is 0 Å². The van der Waals surface area contributed by atoms with Gasteiger partial charge >= 0.3 is 0 Å². The molecule has 2 aromatic rings. The van der Waals surface area contributed by atoms with Gasteiger partial charge in [0.1, 0.15) is 11.6 Å². The zero-order valence-corrected chi connectivity index (χ0v) is 17.3. The van der Waals surface area contributed by atoms with Gasteiger partial charge in [0.2, 0.25) is 0 Å². The zero-order chi connectivity index (χ0) is 20.4. The Balaban J connectivity index is 1.41. The van der Waals surface area contributed by atoms with Crippen LogP contribution in [0.4, 0.5) is 4.39 Å². The molecule has 0 radical (unpaired) electrons. The number of aromatic hydroxyl groups is 1. The Kier molecular flexibility index (Phi) is 6.18. The van der Waals surface area contributed by atoms with Crippen LogP contribution in [0.25, 0.3) is 0 Å². The number of phenolic OH excluding ortho intramolecular Hbond substituents is 1. The molecule has 2 aromatic carbocycles. The minimum atomic E-state index is -0.184. The highest BCUT2D eigenvalue weighted by molar-refractivity contribution is 5.47. The van der Waals surface area contributed by atoms with E-state index in [2.05, 4.69) is 16.3 Å². The smallest absolute Gasteiger partial charge is 0.123 e. The lowest BCUT2D eigenvalue weighted by atomic mass is 9.83. The van der Waals surface area contributed by atoms with E-state index in [9.17, 15) is 9.50 Å². The first kappa shape index (κ1) is 20.3. The minimum absolute atomic E-state index is 0.0162. The second-order valence-corrected chi connectivity index (χ2v) is 8.46. The van der Waals surface area contributed by atoms with Gasteiger partial charge in [-0.3, -0.25) is 4.90 Å². The number of halogens is 1. The van der Waals surface area contributed by atoms with Crippen LogP contribution in [0.1, 0.15) is 41.2 Å².